The number of anilines is 2. The Morgan fingerprint density at radius 3 is 2.85 bits per heavy atom. The Hall–Kier alpha value is -2.28. The van der Waals surface area contributed by atoms with Crippen molar-refractivity contribution in [3.05, 3.63) is 40.6 Å². The van der Waals surface area contributed by atoms with Crippen molar-refractivity contribution in [1.29, 1.82) is 0 Å². The summed E-state index contributed by atoms with van der Waals surface area (Å²) in [5, 5.41) is 2.71. The normalized spacial score (nSPS) is 12.2. The first kappa shape index (κ1) is 12.7. The molecule has 0 atom stereocenters. The highest BCUT2D eigenvalue weighted by Crippen LogP contribution is 2.38. The van der Waals surface area contributed by atoms with Crippen molar-refractivity contribution in [1.82, 2.24) is 4.98 Å². The van der Waals surface area contributed by atoms with E-state index in [0.29, 0.717) is 27.3 Å². The molecule has 1 aliphatic heterocycles. The lowest BCUT2D eigenvalue weighted by Gasteiger charge is -2.09. The molecule has 3 rings (SSSR count). The monoisotopic (exact) mass is 335 g/mol. The fourth-order valence-electron chi connectivity index (χ4n) is 1.80. The topological polar surface area (TPSA) is 86.5 Å². The number of benzene rings is 1. The standard InChI is InChI=1S/C13H10BrN3O3/c14-7-2-1-3-16-12(7)13(18)17-9-5-11-10(4-8(9)15)19-6-20-11/h1-5H,6,15H2,(H,17,18). The number of hydrogen-bond acceptors (Lipinski definition) is 5. The van der Waals surface area contributed by atoms with E-state index in [1.54, 1.807) is 30.5 Å². The minimum atomic E-state index is -0.358. The smallest absolute Gasteiger partial charge is 0.275 e. The van der Waals surface area contributed by atoms with Crippen LogP contribution >= 0.6 is 15.9 Å². The number of nitrogen functional groups attached to an aromatic ring is 1. The maximum atomic E-state index is 12.2. The molecule has 2 aromatic rings. The number of nitrogens with two attached hydrogens (primary N) is 1. The molecule has 0 radical (unpaired) electrons. The summed E-state index contributed by atoms with van der Waals surface area (Å²) in [6.07, 6.45) is 1.54. The van der Waals surface area contributed by atoms with E-state index in [2.05, 4.69) is 26.2 Å². The Kier molecular flexibility index (Phi) is 3.19. The molecule has 20 heavy (non-hydrogen) atoms. The van der Waals surface area contributed by atoms with Crippen LogP contribution in [0.15, 0.2) is 34.9 Å². The van der Waals surface area contributed by atoms with Crippen molar-refractivity contribution >= 4 is 33.2 Å². The predicted molar refractivity (Wildman–Crippen MR) is 76.9 cm³/mol. The third-order valence-electron chi connectivity index (χ3n) is 2.77. The zero-order chi connectivity index (χ0) is 14.1. The van der Waals surface area contributed by atoms with Gasteiger partial charge in [0.2, 0.25) is 6.79 Å². The molecule has 0 spiro atoms. The number of halogens is 1. The van der Waals surface area contributed by atoms with Gasteiger partial charge in [-0.25, -0.2) is 4.98 Å². The molecule has 2 heterocycles. The fraction of sp³-hybridized carbons (Fsp3) is 0.0769. The Labute approximate surface area is 123 Å². The van der Waals surface area contributed by atoms with E-state index in [-0.39, 0.29) is 18.4 Å². The van der Waals surface area contributed by atoms with Crippen molar-refractivity contribution in [2.45, 2.75) is 0 Å². The summed E-state index contributed by atoms with van der Waals surface area (Å²) < 4.78 is 11.1. The van der Waals surface area contributed by atoms with Crippen LogP contribution in [0.4, 0.5) is 11.4 Å². The van der Waals surface area contributed by atoms with Crippen LogP contribution in [0, 0.1) is 0 Å². The molecular formula is C13H10BrN3O3. The summed E-state index contributed by atoms with van der Waals surface area (Å²) >= 11 is 3.28. The molecule has 1 aromatic carbocycles. The van der Waals surface area contributed by atoms with Gasteiger partial charge in [-0.1, -0.05) is 0 Å². The molecule has 0 saturated carbocycles. The second-order valence-electron chi connectivity index (χ2n) is 4.08. The van der Waals surface area contributed by atoms with Crippen molar-refractivity contribution in [3.63, 3.8) is 0 Å². The van der Waals surface area contributed by atoms with Crippen molar-refractivity contribution in [3.8, 4) is 11.5 Å². The van der Waals surface area contributed by atoms with Crippen LogP contribution in [0.3, 0.4) is 0 Å². The summed E-state index contributed by atoms with van der Waals surface area (Å²) in [4.78, 5) is 16.2. The summed E-state index contributed by atoms with van der Waals surface area (Å²) in [5.74, 6) is 0.761. The molecule has 0 bridgehead atoms. The summed E-state index contributed by atoms with van der Waals surface area (Å²) in [7, 11) is 0. The van der Waals surface area contributed by atoms with Crippen LogP contribution in [-0.2, 0) is 0 Å². The van der Waals surface area contributed by atoms with Crippen LogP contribution in [0.2, 0.25) is 0 Å². The Bertz CT molecular complexity index is 691. The third kappa shape index (κ3) is 2.27. The van der Waals surface area contributed by atoms with Crippen LogP contribution in [-0.4, -0.2) is 17.7 Å². The molecule has 1 aliphatic rings. The van der Waals surface area contributed by atoms with E-state index >= 15 is 0 Å². The van der Waals surface area contributed by atoms with Gasteiger partial charge in [-0.05, 0) is 28.1 Å². The number of hydrogen-bond donors (Lipinski definition) is 2. The predicted octanol–water partition coefficient (Wildman–Crippen LogP) is 2.41. The quantitative estimate of drug-likeness (QED) is 0.823. The van der Waals surface area contributed by atoms with Crippen molar-refractivity contribution in [2.24, 2.45) is 0 Å². The van der Waals surface area contributed by atoms with Gasteiger partial charge >= 0.3 is 0 Å². The Balaban J connectivity index is 1.88. The fourth-order valence-corrected chi connectivity index (χ4v) is 2.24. The van der Waals surface area contributed by atoms with E-state index < -0.39 is 0 Å². The van der Waals surface area contributed by atoms with Gasteiger partial charge in [0.25, 0.3) is 5.91 Å². The van der Waals surface area contributed by atoms with E-state index in [0.717, 1.165) is 0 Å². The summed E-state index contributed by atoms with van der Waals surface area (Å²) in [6.45, 7) is 0.151. The van der Waals surface area contributed by atoms with Crippen LogP contribution in [0.5, 0.6) is 11.5 Å². The minimum absolute atomic E-state index is 0.151. The maximum Gasteiger partial charge on any atom is 0.275 e. The van der Waals surface area contributed by atoms with Crippen molar-refractivity contribution in [2.75, 3.05) is 17.8 Å². The zero-order valence-electron chi connectivity index (χ0n) is 10.2. The molecule has 1 aromatic heterocycles. The first-order valence-corrected chi connectivity index (χ1v) is 6.55. The molecule has 0 unspecified atom stereocenters. The van der Waals surface area contributed by atoms with Gasteiger partial charge in [-0.3, -0.25) is 4.79 Å². The number of aromatic nitrogens is 1. The molecular weight excluding hydrogens is 326 g/mol. The Morgan fingerprint density at radius 1 is 1.35 bits per heavy atom. The number of amides is 1. The van der Waals surface area contributed by atoms with Crippen LogP contribution in [0.1, 0.15) is 10.5 Å². The number of carbonyl (C=O) groups is 1. The van der Waals surface area contributed by atoms with Gasteiger partial charge in [0, 0.05) is 22.8 Å². The number of ether oxygens (including phenoxy) is 2. The molecule has 1 amide bonds. The second-order valence-corrected chi connectivity index (χ2v) is 4.94. The first-order chi connectivity index (χ1) is 9.65. The second kappa shape index (κ2) is 5.01. The highest BCUT2D eigenvalue weighted by atomic mass is 79.9. The van der Waals surface area contributed by atoms with Gasteiger partial charge in [0.1, 0.15) is 5.69 Å². The highest BCUT2D eigenvalue weighted by Gasteiger charge is 2.18. The first-order valence-electron chi connectivity index (χ1n) is 5.76. The van der Waals surface area contributed by atoms with E-state index in [1.807, 2.05) is 0 Å². The van der Waals surface area contributed by atoms with E-state index in [1.165, 1.54) is 0 Å². The third-order valence-corrected chi connectivity index (χ3v) is 3.41. The number of rotatable bonds is 2. The molecule has 7 heteroatoms. The maximum absolute atomic E-state index is 12.2. The molecule has 0 aliphatic carbocycles. The molecule has 3 N–H and O–H groups in total. The minimum Gasteiger partial charge on any atom is -0.454 e. The van der Waals surface area contributed by atoms with E-state index in [9.17, 15) is 4.79 Å². The lowest BCUT2D eigenvalue weighted by Crippen LogP contribution is -2.15. The largest absolute Gasteiger partial charge is 0.454 e. The highest BCUT2D eigenvalue weighted by molar-refractivity contribution is 9.10. The molecule has 102 valence electrons. The zero-order valence-corrected chi connectivity index (χ0v) is 11.8. The molecule has 0 fully saturated rings. The van der Waals surface area contributed by atoms with E-state index in [4.69, 9.17) is 15.2 Å². The van der Waals surface area contributed by atoms with Gasteiger partial charge in [-0.15, -0.1) is 0 Å². The van der Waals surface area contributed by atoms with Gasteiger partial charge in [0.05, 0.1) is 11.4 Å². The summed E-state index contributed by atoms with van der Waals surface area (Å²) in [5.41, 5.74) is 7.01. The van der Waals surface area contributed by atoms with Crippen LogP contribution < -0.4 is 20.5 Å². The number of pyridine rings is 1. The SMILES string of the molecule is Nc1cc2c(cc1NC(=O)c1ncccc1Br)OCO2. The molecule has 0 saturated heterocycles. The molecule has 6 nitrogen and oxygen atoms in total. The number of nitrogens with one attached hydrogen (secondary N) is 1. The number of carbonyl (C=O) groups excluding carboxylic acids is 1. The lowest BCUT2D eigenvalue weighted by atomic mass is 10.2. The van der Waals surface area contributed by atoms with Crippen molar-refractivity contribution < 1.29 is 14.3 Å². The Morgan fingerprint density at radius 2 is 2.10 bits per heavy atom. The van der Waals surface area contributed by atoms with Gasteiger partial charge in [-0.2, -0.15) is 0 Å². The van der Waals surface area contributed by atoms with Crippen LogP contribution in [0.25, 0.3) is 0 Å². The average molecular weight is 336 g/mol. The lowest BCUT2D eigenvalue weighted by molar-refractivity contribution is 0.102. The van der Waals surface area contributed by atoms with Gasteiger partial charge < -0.3 is 20.5 Å². The number of fused-ring (bicyclic) bond motifs is 1. The number of nitrogens with zero attached hydrogens (tertiary/aromatic N) is 1. The van der Waals surface area contributed by atoms with Gasteiger partial charge in [0.15, 0.2) is 11.5 Å². The average Bonchev–Trinajstić information content (AvgIpc) is 2.86. The summed E-state index contributed by atoms with van der Waals surface area (Å²) in [6, 6.07) is 6.72.